The molecule has 2 aromatic rings. The summed E-state index contributed by atoms with van der Waals surface area (Å²) in [6, 6.07) is 5.47. The number of nitrogens with zero attached hydrogens (tertiary/aromatic N) is 2. The van der Waals surface area contributed by atoms with E-state index < -0.39 is 6.36 Å². The summed E-state index contributed by atoms with van der Waals surface area (Å²) >= 11 is 2.53. The van der Waals surface area contributed by atoms with E-state index in [9.17, 15) is 13.2 Å². The minimum absolute atomic E-state index is 0.204. The third kappa shape index (κ3) is 4.57. The van der Waals surface area contributed by atoms with Gasteiger partial charge in [0.25, 0.3) is 5.19 Å². The molecule has 9 heteroatoms. The Bertz CT molecular complexity index is 558. The number of ether oxygens (including phenoxy) is 2. The summed E-state index contributed by atoms with van der Waals surface area (Å²) in [6.45, 7) is 0.204. The van der Waals surface area contributed by atoms with Gasteiger partial charge in [-0.15, -0.1) is 13.2 Å². The van der Waals surface area contributed by atoms with Crippen molar-refractivity contribution in [1.29, 1.82) is 0 Å². The predicted molar refractivity (Wildman–Crippen MR) is 69.1 cm³/mol. The third-order valence-corrected chi connectivity index (χ3v) is 3.38. The lowest BCUT2D eigenvalue weighted by Gasteiger charge is -2.09. The molecule has 0 saturated carbocycles. The summed E-state index contributed by atoms with van der Waals surface area (Å²) in [4.78, 5) is 4.08. The molecular weight excluding hydrogens is 313 g/mol. The fourth-order valence-corrected chi connectivity index (χ4v) is 2.35. The summed E-state index contributed by atoms with van der Waals surface area (Å²) in [5, 5.41) is 1.05. The van der Waals surface area contributed by atoms with Crippen LogP contribution in [-0.2, 0) is 6.61 Å². The lowest BCUT2D eigenvalue weighted by molar-refractivity contribution is -0.274. The lowest BCUT2D eigenvalue weighted by atomic mass is 10.2. The average molecular weight is 322 g/mol. The van der Waals surface area contributed by atoms with Crippen LogP contribution in [0.25, 0.3) is 0 Å². The first-order chi connectivity index (χ1) is 9.46. The highest BCUT2D eigenvalue weighted by molar-refractivity contribution is 7.98. The normalized spacial score (nSPS) is 11.4. The second-order valence-corrected chi connectivity index (χ2v) is 5.02. The fourth-order valence-electron chi connectivity index (χ4n) is 1.27. The van der Waals surface area contributed by atoms with Crippen LogP contribution in [0.1, 0.15) is 5.56 Å². The highest BCUT2D eigenvalue weighted by atomic mass is 32.2. The minimum Gasteiger partial charge on any atom is -0.464 e. The van der Waals surface area contributed by atoms with Crippen LogP contribution in [0.5, 0.6) is 10.9 Å². The van der Waals surface area contributed by atoms with Gasteiger partial charge in [-0.2, -0.15) is 9.36 Å². The van der Waals surface area contributed by atoms with E-state index in [0.29, 0.717) is 15.9 Å². The summed E-state index contributed by atoms with van der Waals surface area (Å²) in [6.07, 6.45) is -2.83. The van der Waals surface area contributed by atoms with Gasteiger partial charge in [0, 0.05) is 11.5 Å². The third-order valence-electron chi connectivity index (χ3n) is 2.09. The monoisotopic (exact) mass is 322 g/mol. The van der Waals surface area contributed by atoms with E-state index in [1.54, 1.807) is 0 Å². The molecule has 0 aliphatic carbocycles. The van der Waals surface area contributed by atoms with Crippen molar-refractivity contribution in [2.45, 2.75) is 18.1 Å². The van der Waals surface area contributed by atoms with Crippen molar-refractivity contribution in [3.8, 4) is 10.9 Å². The van der Waals surface area contributed by atoms with E-state index in [0.717, 1.165) is 11.5 Å². The first-order valence-corrected chi connectivity index (χ1v) is 7.31. The molecule has 0 saturated heterocycles. The Labute approximate surface area is 121 Å². The van der Waals surface area contributed by atoms with Gasteiger partial charge in [0.2, 0.25) is 5.16 Å². The molecule has 20 heavy (non-hydrogen) atoms. The number of aromatic nitrogens is 2. The molecule has 0 amide bonds. The van der Waals surface area contributed by atoms with E-state index in [1.165, 1.54) is 36.0 Å². The minimum atomic E-state index is -4.68. The number of alkyl halides is 3. The second-order valence-electron chi connectivity index (χ2n) is 3.53. The number of hydrogen-bond donors (Lipinski definition) is 0. The highest BCUT2D eigenvalue weighted by Crippen LogP contribution is 2.24. The van der Waals surface area contributed by atoms with Crippen LogP contribution < -0.4 is 9.47 Å². The Morgan fingerprint density at radius 1 is 1.25 bits per heavy atom. The summed E-state index contributed by atoms with van der Waals surface area (Å²) in [7, 11) is 0. The van der Waals surface area contributed by atoms with Crippen LogP contribution in [0.3, 0.4) is 0 Å². The van der Waals surface area contributed by atoms with Gasteiger partial charge in [-0.1, -0.05) is 23.9 Å². The highest BCUT2D eigenvalue weighted by Gasteiger charge is 2.30. The Morgan fingerprint density at radius 2 is 1.95 bits per heavy atom. The van der Waals surface area contributed by atoms with E-state index in [-0.39, 0.29) is 12.4 Å². The maximum Gasteiger partial charge on any atom is 0.573 e. The molecule has 1 heterocycles. The average Bonchev–Trinajstić information content (AvgIpc) is 2.84. The summed E-state index contributed by atoms with van der Waals surface area (Å²) < 4.78 is 49.1. The molecule has 0 fully saturated rings. The van der Waals surface area contributed by atoms with Crippen LogP contribution in [-0.4, -0.2) is 22.0 Å². The van der Waals surface area contributed by atoms with Gasteiger partial charge in [-0.25, -0.2) is 0 Å². The maximum atomic E-state index is 12.0. The molecule has 4 nitrogen and oxygen atoms in total. The molecule has 0 aliphatic heterocycles. The standard InChI is InChI=1S/C11H9F3N2O2S2/c1-19-9-15-10(20-16-9)17-6-7-2-4-8(5-3-7)18-11(12,13)14/h2-5H,6H2,1H3. The van der Waals surface area contributed by atoms with Gasteiger partial charge in [-0.3, -0.25) is 0 Å². The van der Waals surface area contributed by atoms with Gasteiger partial charge < -0.3 is 9.47 Å². The van der Waals surface area contributed by atoms with E-state index in [2.05, 4.69) is 14.1 Å². The van der Waals surface area contributed by atoms with Gasteiger partial charge in [0.05, 0.1) is 0 Å². The molecule has 1 aromatic heterocycles. The number of thioether (sulfide) groups is 1. The number of rotatable bonds is 5. The predicted octanol–water partition coefficient (Wildman–Crippen LogP) is 3.74. The molecule has 0 aliphatic rings. The van der Waals surface area contributed by atoms with E-state index in [1.807, 2.05) is 6.26 Å². The van der Waals surface area contributed by atoms with Crippen molar-refractivity contribution in [2.75, 3.05) is 6.26 Å². The SMILES string of the molecule is CSc1nsc(OCc2ccc(OC(F)(F)F)cc2)n1. The zero-order valence-corrected chi connectivity index (χ0v) is 11.8. The Balaban J connectivity index is 1.90. The first-order valence-electron chi connectivity index (χ1n) is 5.31. The molecule has 0 atom stereocenters. The van der Waals surface area contributed by atoms with Gasteiger partial charge in [-0.05, 0) is 24.0 Å². The topological polar surface area (TPSA) is 44.2 Å². The molecule has 0 unspecified atom stereocenters. The van der Waals surface area contributed by atoms with Crippen molar-refractivity contribution < 1.29 is 22.6 Å². The molecular formula is C11H9F3N2O2S2. The van der Waals surface area contributed by atoms with Crippen molar-refractivity contribution in [1.82, 2.24) is 9.36 Å². The summed E-state index contributed by atoms with van der Waals surface area (Å²) in [5.74, 6) is -0.262. The van der Waals surface area contributed by atoms with Gasteiger partial charge >= 0.3 is 6.36 Å². The van der Waals surface area contributed by atoms with Crippen LogP contribution in [0.15, 0.2) is 29.4 Å². The van der Waals surface area contributed by atoms with E-state index >= 15 is 0 Å². The lowest BCUT2D eigenvalue weighted by Crippen LogP contribution is -2.17. The number of halogens is 3. The summed E-state index contributed by atoms with van der Waals surface area (Å²) in [5.41, 5.74) is 0.709. The molecule has 0 radical (unpaired) electrons. The molecule has 0 bridgehead atoms. The molecule has 0 N–H and O–H groups in total. The Kier molecular flexibility index (Phi) is 4.71. The van der Waals surface area contributed by atoms with Crippen LogP contribution in [0, 0.1) is 0 Å². The van der Waals surface area contributed by atoms with Crippen LogP contribution >= 0.6 is 23.3 Å². The molecule has 108 valence electrons. The van der Waals surface area contributed by atoms with E-state index in [4.69, 9.17) is 4.74 Å². The first kappa shape index (κ1) is 14.9. The zero-order valence-electron chi connectivity index (χ0n) is 10.2. The molecule has 1 aromatic carbocycles. The van der Waals surface area contributed by atoms with Crippen molar-refractivity contribution in [2.24, 2.45) is 0 Å². The quantitative estimate of drug-likeness (QED) is 0.785. The fraction of sp³-hybridized carbons (Fsp3) is 0.273. The van der Waals surface area contributed by atoms with Crippen molar-refractivity contribution in [3.63, 3.8) is 0 Å². The molecule has 2 rings (SSSR count). The van der Waals surface area contributed by atoms with Crippen molar-refractivity contribution >= 4 is 23.3 Å². The Morgan fingerprint density at radius 3 is 2.50 bits per heavy atom. The maximum absolute atomic E-state index is 12.0. The number of hydrogen-bond acceptors (Lipinski definition) is 6. The van der Waals surface area contributed by atoms with Gasteiger partial charge in [0.1, 0.15) is 12.4 Å². The van der Waals surface area contributed by atoms with Crippen LogP contribution in [0.4, 0.5) is 13.2 Å². The van der Waals surface area contributed by atoms with Crippen LogP contribution in [0.2, 0.25) is 0 Å². The van der Waals surface area contributed by atoms with Crippen molar-refractivity contribution in [3.05, 3.63) is 29.8 Å². The van der Waals surface area contributed by atoms with Gasteiger partial charge in [0.15, 0.2) is 0 Å². The Hall–Kier alpha value is -1.48. The smallest absolute Gasteiger partial charge is 0.464 e. The number of benzene rings is 1. The molecule has 0 spiro atoms. The largest absolute Gasteiger partial charge is 0.573 e. The zero-order chi connectivity index (χ0) is 14.6. The second kappa shape index (κ2) is 6.31.